The lowest BCUT2D eigenvalue weighted by atomic mass is 10.0. The van der Waals surface area contributed by atoms with E-state index in [0.717, 1.165) is 11.3 Å². The summed E-state index contributed by atoms with van der Waals surface area (Å²) in [6, 6.07) is 20.8. The van der Waals surface area contributed by atoms with Gasteiger partial charge in [-0.25, -0.2) is 4.99 Å². The highest BCUT2D eigenvalue weighted by molar-refractivity contribution is 6.24. The number of ketones is 1. The van der Waals surface area contributed by atoms with Crippen molar-refractivity contribution in [2.45, 2.75) is 6.92 Å². The molecule has 1 aliphatic carbocycles. The van der Waals surface area contributed by atoms with Gasteiger partial charge in [0, 0.05) is 17.5 Å². The average molecular weight is 411 g/mol. The zero-order chi connectivity index (χ0) is 21.8. The van der Waals surface area contributed by atoms with Crippen LogP contribution in [0.5, 0.6) is 11.5 Å². The van der Waals surface area contributed by atoms with Crippen molar-refractivity contribution in [2.75, 3.05) is 10.6 Å². The molecule has 3 aromatic carbocycles. The smallest absolute Gasteiger partial charge is 0.204 e. The molecule has 0 aliphatic heterocycles. The van der Waals surface area contributed by atoms with Crippen molar-refractivity contribution in [1.29, 1.82) is 0 Å². The van der Waals surface area contributed by atoms with Gasteiger partial charge in [-0.2, -0.15) is 0 Å². The molecule has 0 bridgehead atoms. The Morgan fingerprint density at radius 3 is 1.81 bits per heavy atom. The molecule has 0 saturated heterocycles. The zero-order valence-electron chi connectivity index (χ0n) is 16.8. The molecule has 154 valence electrons. The van der Waals surface area contributed by atoms with E-state index in [2.05, 4.69) is 15.6 Å². The molecule has 6 heteroatoms. The summed E-state index contributed by atoms with van der Waals surface area (Å²) in [5, 5.41) is 25.4. The third kappa shape index (κ3) is 5.00. The Labute approximate surface area is 179 Å². The lowest BCUT2D eigenvalue weighted by Gasteiger charge is -2.18. The Morgan fingerprint density at radius 2 is 1.19 bits per heavy atom. The van der Waals surface area contributed by atoms with Crippen molar-refractivity contribution in [3.8, 4) is 11.5 Å². The maximum Gasteiger partial charge on any atom is 0.204 e. The molecule has 0 amide bonds. The SMILES string of the molecule is Cc1ccc(NC2=CC(=O)C(Nc3ccc(O)cc3)=C/C2=N/c2ccc(O)cc2)cc1. The van der Waals surface area contributed by atoms with Crippen LogP contribution in [0.2, 0.25) is 0 Å². The predicted octanol–water partition coefficient (Wildman–Crippen LogP) is 5.05. The second-order valence-corrected chi connectivity index (χ2v) is 7.16. The summed E-state index contributed by atoms with van der Waals surface area (Å²) in [5.74, 6) is 0.0995. The number of phenols is 2. The number of rotatable bonds is 5. The van der Waals surface area contributed by atoms with E-state index in [1.165, 1.54) is 6.08 Å². The van der Waals surface area contributed by atoms with Gasteiger partial charge in [0.1, 0.15) is 11.5 Å². The molecule has 0 saturated carbocycles. The summed E-state index contributed by atoms with van der Waals surface area (Å²) in [4.78, 5) is 17.4. The van der Waals surface area contributed by atoms with E-state index in [9.17, 15) is 15.0 Å². The van der Waals surface area contributed by atoms with Crippen LogP contribution in [0.15, 0.2) is 101 Å². The molecule has 0 fully saturated rings. The fourth-order valence-corrected chi connectivity index (χ4v) is 3.02. The molecule has 0 spiro atoms. The largest absolute Gasteiger partial charge is 0.508 e. The minimum absolute atomic E-state index is 0.147. The van der Waals surface area contributed by atoms with E-state index in [0.29, 0.717) is 28.5 Å². The van der Waals surface area contributed by atoms with Gasteiger partial charge in [0.15, 0.2) is 0 Å². The van der Waals surface area contributed by atoms with Crippen molar-refractivity contribution in [3.05, 3.63) is 102 Å². The van der Waals surface area contributed by atoms with Gasteiger partial charge in [-0.1, -0.05) is 17.7 Å². The normalized spacial score (nSPS) is 14.7. The molecular formula is C25H21N3O3. The first-order valence-corrected chi connectivity index (χ1v) is 9.72. The fraction of sp³-hybridized carbons (Fsp3) is 0.0400. The maximum absolute atomic E-state index is 12.8. The summed E-state index contributed by atoms with van der Waals surface area (Å²) in [5.41, 5.74) is 4.77. The van der Waals surface area contributed by atoms with Crippen molar-refractivity contribution in [3.63, 3.8) is 0 Å². The maximum atomic E-state index is 12.8. The average Bonchev–Trinajstić information content (AvgIpc) is 2.76. The number of carbonyl (C=O) groups is 1. The topological polar surface area (TPSA) is 94.0 Å². The summed E-state index contributed by atoms with van der Waals surface area (Å²) in [6.07, 6.45) is 3.18. The second-order valence-electron chi connectivity index (χ2n) is 7.16. The monoisotopic (exact) mass is 411 g/mol. The molecule has 1 aliphatic rings. The Bertz CT molecular complexity index is 1190. The lowest BCUT2D eigenvalue weighted by molar-refractivity contribution is -0.111. The van der Waals surface area contributed by atoms with Crippen molar-refractivity contribution in [1.82, 2.24) is 0 Å². The number of hydrogen-bond donors (Lipinski definition) is 4. The van der Waals surface area contributed by atoms with Gasteiger partial charge in [0.05, 0.1) is 22.8 Å². The molecular weight excluding hydrogens is 390 g/mol. The van der Waals surface area contributed by atoms with Crippen LogP contribution in [0.1, 0.15) is 5.56 Å². The molecule has 0 radical (unpaired) electrons. The number of aliphatic imine (C=N–C) groups is 1. The third-order valence-corrected chi connectivity index (χ3v) is 4.67. The number of hydrogen-bond acceptors (Lipinski definition) is 6. The Kier molecular flexibility index (Phi) is 5.53. The molecule has 3 aromatic rings. The van der Waals surface area contributed by atoms with E-state index in [1.54, 1.807) is 54.6 Å². The summed E-state index contributed by atoms with van der Waals surface area (Å²) < 4.78 is 0. The number of anilines is 2. The number of carbonyl (C=O) groups excluding carboxylic acids is 1. The molecule has 6 nitrogen and oxygen atoms in total. The van der Waals surface area contributed by atoms with Crippen LogP contribution in [0.25, 0.3) is 0 Å². The number of benzene rings is 3. The Morgan fingerprint density at radius 1 is 0.677 bits per heavy atom. The van der Waals surface area contributed by atoms with Crippen molar-refractivity contribution < 1.29 is 15.0 Å². The Hall–Kier alpha value is -4.32. The van der Waals surface area contributed by atoms with Gasteiger partial charge in [0.2, 0.25) is 5.78 Å². The molecule has 4 N–H and O–H groups in total. The fourth-order valence-electron chi connectivity index (χ4n) is 3.02. The minimum atomic E-state index is -0.202. The minimum Gasteiger partial charge on any atom is -0.508 e. The van der Waals surface area contributed by atoms with Gasteiger partial charge < -0.3 is 20.8 Å². The molecule has 0 aromatic heterocycles. The van der Waals surface area contributed by atoms with E-state index in [1.807, 2.05) is 31.2 Å². The van der Waals surface area contributed by atoms with Crippen LogP contribution in [-0.2, 0) is 4.79 Å². The van der Waals surface area contributed by atoms with Gasteiger partial charge >= 0.3 is 0 Å². The molecule has 4 rings (SSSR count). The highest BCUT2D eigenvalue weighted by Crippen LogP contribution is 2.24. The van der Waals surface area contributed by atoms with E-state index in [-0.39, 0.29) is 17.3 Å². The first kappa shape index (κ1) is 20.0. The van der Waals surface area contributed by atoms with Crippen LogP contribution in [-0.4, -0.2) is 21.7 Å². The van der Waals surface area contributed by atoms with Gasteiger partial charge in [-0.15, -0.1) is 0 Å². The quantitative estimate of drug-likeness (QED) is 0.348. The van der Waals surface area contributed by atoms with Crippen LogP contribution >= 0.6 is 0 Å². The molecule has 0 heterocycles. The predicted molar refractivity (Wildman–Crippen MR) is 123 cm³/mol. The van der Waals surface area contributed by atoms with Gasteiger partial charge in [-0.3, -0.25) is 4.79 Å². The summed E-state index contributed by atoms with van der Waals surface area (Å²) in [7, 11) is 0. The van der Waals surface area contributed by atoms with Crippen LogP contribution in [0.4, 0.5) is 17.1 Å². The number of nitrogens with one attached hydrogen (secondary N) is 2. The van der Waals surface area contributed by atoms with E-state index in [4.69, 9.17) is 0 Å². The second kappa shape index (κ2) is 8.59. The standard InChI is InChI=1S/C25H21N3O3/c1-16-2-4-17(5-3-16)27-23-15-25(31)24(28-19-8-12-21(30)13-9-19)14-22(23)26-18-6-10-20(29)11-7-18/h2-15,27-30H,1H3/b26-22-. The Balaban J connectivity index is 1.68. The lowest BCUT2D eigenvalue weighted by Crippen LogP contribution is -2.22. The highest BCUT2D eigenvalue weighted by Gasteiger charge is 2.20. The van der Waals surface area contributed by atoms with Crippen molar-refractivity contribution >= 4 is 28.6 Å². The zero-order valence-corrected chi connectivity index (χ0v) is 16.8. The first-order valence-electron chi connectivity index (χ1n) is 9.72. The summed E-state index contributed by atoms with van der Waals surface area (Å²) in [6.45, 7) is 2.01. The first-order chi connectivity index (χ1) is 15.0. The van der Waals surface area contributed by atoms with Gasteiger partial charge in [0.25, 0.3) is 0 Å². The highest BCUT2D eigenvalue weighted by atomic mass is 16.3. The molecule has 0 unspecified atom stereocenters. The van der Waals surface area contributed by atoms with Crippen LogP contribution < -0.4 is 10.6 Å². The van der Waals surface area contributed by atoms with Crippen LogP contribution in [0, 0.1) is 6.92 Å². The van der Waals surface area contributed by atoms with Crippen LogP contribution in [0.3, 0.4) is 0 Å². The van der Waals surface area contributed by atoms with E-state index >= 15 is 0 Å². The van der Waals surface area contributed by atoms with Gasteiger partial charge in [-0.05, 0) is 73.7 Å². The van der Waals surface area contributed by atoms with Crippen molar-refractivity contribution in [2.24, 2.45) is 4.99 Å². The number of aromatic hydroxyl groups is 2. The molecule has 31 heavy (non-hydrogen) atoms. The number of aryl methyl sites for hydroxylation is 1. The number of phenolic OH excluding ortho intramolecular Hbond substituents is 2. The number of allylic oxidation sites excluding steroid dienone is 2. The van der Waals surface area contributed by atoms with E-state index < -0.39 is 0 Å². The molecule has 0 atom stereocenters. The number of nitrogens with zero attached hydrogens (tertiary/aromatic N) is 1. The third-order valence-electron chi connectivity index (χ3n) is 4.67. The summed E-state index contributed by atoms with van der Waals surface area (Å²) >= 11 is 0.